The second kappa shape index (κ2) is 29.3. The van der Waals surface area contributed by atoms with Gasteiger partial charge in [0.1, 0.15) is 22.3 Å². The van der Waals surface area contributed by atoms with Crippen LogP contribution in [-0.4, -0.2) is 44.6 Å². The molecule has 0 saturated carbocycles. The molecule has 0 aliphatic carbocycles. The molecule has 0 amide bonds. The van der Waals surface area contributed by atoms with Gasteiger partial charge in [-0.25, -0.2) is 0 Å². The molecular weight excluding hydrogens is 1610 g/mol. The number of para-hydroxylation sites is 12. The Morgan fingerprint density at radius 1 is 0.205 bits per heavy atom. The van der Waals surface area contributed by atoms with Gasteiger partial charge in [0, 0.05) is 102 Å². The van der Waals surface area contributed by atoms with Gasteiger partial charge in [0.05, 0.1) is 88.3 Å². The van der Waals surface area contributed by atoms with E-state index in [1.54, 1.807) is 0 Å². The summed E-state index contributed by atoms with van der Waals surface area (Å²) in [4.78, 5) is 0. The lowest BCUT2D eigenvalue weighted by molar-refractivity contribution is 0.425. The summed E-state index contributed by atoms with van der Waals surface area (Å²) in [6, 6.07) is 142. The van der Waals surface area contributed by atoms with E-state index in [1.165, 1.54) is 79.8 Å². The SMILES string of the molecule is C.C.Ic1ccc2c(c1)c1ccccc1n2-c1cccc2oc3ccccc3c12.OB(O)c1cc(-n2c3ccccc3c3ccccc32)cc(-n2c3ccccc3c3ccccc32)c1.c1ccc2c(c1)oc1cccc(-n3c4ccccc4c4cc(-c5cc(-n6c7ccccc7c7ccccc76)cc(-n6c7ccccc7c7ccccc76)c5)ccc43)c12. The molecule has 0 fully saturated rings. The largest absolute Gasteiger partial charge is 0.488 e. The van der Waals surface area contributed by atoms with Crippen LogP contribution in [0.2, 0.25) is 0 Å². The zero-order valence-corrected chi connectivity index (χ0v) is 66.6. The average Bonchev–Trinajstić information content (AvgIpc) is 1.58. The van der Waals surface area contributed by atoms with Gasteiger partial charge in [0.15, 0.2) is 0 Å². The number of fused-ring (bicyclic) bond motifs is 24. The quantitative estimate of drug-likeness (QED) is 0.117. The Labute approximate surface area is 714 Å². The molecule has 26 aromatic rings. The normalized spacial score (nSPS) is 11.8. The molecule has 0 saturated heterocycles. The molecular formula is C110H76BIN6O4. The number of benzene rings is 18. The molecule has 0 bridgehead atoms. The zero-order chi connectivity index (χ0) is 79.4. The van der Waals surface area contributed by atoms with Crippen LogP contribution < -0.4 is 5.46 Å². The summed E-state index contributed by atoms with van der Waals surface area (Å²) in [5, 5.41) is 39.7. The predicted octanol–water partition coefficient (Wildman–Crippen LogP) is 28.7. The van der Waals surface area contributed by atoms with Gasteiger partial charge >= 0.3 is 7.12 Å². The Balaban J connectivity index is 0.000000118. The van der Waals surface area contributed by atoms with Crippen LogP contribution in [0, 0.1) is 3.57 Å². The highest BCUT2D eigenvalue weighted by atomic mass is 127. The predicted molar refractivity (Wildman–Crippen MR) is 521 cm³/mol. The fourth-order valence-electron chi connectivity index (χ4n) is 19.3. The van der Waals surface area contributed by atoms with Crippen molar-refractivity contribution in [3.05, 3.63) is 404 Å². The Morgan fingerprint density at radius 2 is 0.459 bits per heavy atom. The van der Waals surface area contributed by atoms with Gasteiger partial charge in [-0.2, -0.15) is 0 Å². The first-order valence-electron chi connectivity index (χ1n) is 40.4. The molecule has 580 valence electrons. The lowest BCUT2D eigenvalue weighted by atomic mass is 9.80. The van der Waals surface area contributed by atoms with Gasteiger partial charge < -0.3 is 46.3 Å². The molecule has 0 aliphatic heterocycles. The Hall–Kier alpha value is -14.9. The fourth-order valence-corrected chi connectivity index (χ4v) is 19.8. The van der Waals surface area contributed by atoms with Crippen LogP contribution in [0.4, 0.5) is 0 Å². The molecule has 8 heterocycles. The Bertz CT molecular complexity index is 8250. The van der Waals surface area contributed by atoms with Crippen LogP contribution in [-0.2, 0) is 0 Å². The summed E-state index contributed by atoms with van der Waals surface area (Å²) < 4.78 is 27.8. The molecule has 18 aromatic carbocycles. The van der Waals surface area contributed by atoms with Crippen LogP contribution >= 0.6 is 22.6 Å². The highest BCUT2D eigenvalue weighted by Crippen LogP contribution is 2.45. The van der Waals surface area contributed by atoms with Gasteiger partial charge in [-0.15, -0.1) is 0 Å². The molecule has 2 N–H and O–H groups in total. The third-order valence-corrected chi connectivity index (χ3v) is 25.0. The van der Waals surface area contributed by atoms with E-state index >= 15 is 0 Å². The summed E-state index contributed by atoms with van der Waals surface area (Å²) in [5.41, 5.74) is 26.5. The van der Waals surface area contributed by atoms with E-state index in [-0.39, 0.29) is 14.9 Å². The second-order valence-corrected chi connectivity index (χ2v) is 32.2. The summed E-state index contributed by atoms with van der Waals surface area (Å²) >= 11 is 2.38. The van der Waals surface area contributed by atoms with Gasteiger partial charge in [0.2, 0.25) is 0 Å². The molecule has 26 rings (SSSR count). The number of furan rings is 2. The number of rotatable bonds is 8. The molecule has 0 atom stereocenters. The zero-order valence-electron chi connectivity index (χ0n) is 64.5. The summed E-state index contributed by atoms with van der Waals surface area (Å²) in [6.45, 7) is 0. The number of nitrogens with zero attached hydrogens (tertiary/aromatic N) is 6. The molecule has 122 heavy (non-hydrogen) atoms. The molecule has 8 aromatic heterocycles. The minimum atomic E-state index is -1.59. The molecule has 10 nitrogen and oxygen atoms in total. The van der Waals surface area contributed by atoms with E-state index in [0.717, 1.165) is 144 Å². The van der Waals surface area contributed by atoms with Crippen molar-refractivity contribution < 1.29 is 18.9 Å². The van der Waals surface area contributed by atoms with Gasteiger partial charge in [-0.05, 0) is 203 Å². The van der Waals surface area contributed by atoms with Crippen molar-refractivity contribution >= 4 is 210 Å². The van der Waals surface area contributed by atoms with Crippen molar-refractivity contribution in [2.24, 2.45) is 0 Å². The van der Waals surface area contributed by atoms with E-state index in [2.05, 4.69) is 396 Å². The van der Waals surface area contributed by atoms with Crippen molar-refractivity contribution in [3.8, 4) is 45.3 Å². The summed E-state index contributed by atoms with van der Waals surface area (Å²) in [5.74, 6) is 0. The van der Waals surface area contributed by atoms with Crippen molar-refractivity contribution in [2.75, 3.05) is 0 Å². The number of halogens is 1. The molecule has 0 unspecified atom stereocenters. The Morgan fingerprint density at radius 3 is 0.787 bits per heavy atom. The standard InChI is InChI=1S/C54H33N3O.C30H21BN2O2.C24H14INO.2CH4/c1-7-20-45-38(14-1)39-15-2-8-21-46(39)55(45)36-30-35(31-37(33-36)56-47-22-9-3-16-40(47)41-17-4-10-23-48(41)56)34-28-29-50-44(32-34)42-18-5-11-24-49(42)57(50)51-25-13-27-53-54(51)43-19-6-12-26-52(43)58-53;34-31(35)20-17-21(32-27-13-5-1-9-23(27)24-10-2-6-14-28(24)32)19-22(18-20)33-29-15-7-3-11-25(29)26-12-4-8-16-30(26)33;25-15-12-13-20-18(14-15)16-6-1-3-8-19(16)26(20)21-9-5-11-23-24(21)17-7-2-4-10-22(17)27-23;;/h1-33H;1-19,34-35H;1-14H;2*1H4. The molecule has 0 aliphatic rings. The maximum Gasteiger partial charge on any atom is 0.488 e. The van der Waals surface area contributed by atoms with Crippen LogP contribution in [0.5, 0.6) is 0 Å². The molecule has 0 spiro atoms. The van der Waals surface area contributed by atoms with Crippen molar-refractivity contribution in [1.29, 1.82) is 0 Å². The van der Waals surface area contributed by atoms with E-state index < -0.39 is 7.12 Å². The molecule has 12 heteroatoms. The number of aromatic nitrogens is 6. The van der Waals surface area contributed by atoms with Crippen LogP contribution in [0.3, 0.4) is 0 Å². The lowest BCUT2D eigenvalue weighted by Crippen LogP contribution is -2.30. The lowest BCUT2D eigenvalue weighted by Gasteiger charge is -2.16. The number of hydrogen-bond acceptors (Lipinski definition) is 4. The summed E-state index contributed by atoms with van der Waals surface area (Å²) in [6.07, 6.45) is 0. The smallest absolute Gasteiger partial charge is 0.456 e. The Kier molecular flexibility index (Phi) is 17.6. The highest BCUT2D eigenvalue weighted by Gasteiger charge is 2.25. The minimum absolute atomic E-state index is 0. The van der Waals surface area contributed by atoms with Gasteiger partial charge in [0.25, 0.3) is 0 Å². The van der Waals surface area contributed by atoms with E-state index in [1.807, 2.05) is 54.6 Å². The monoisotopic (exact) mass is 1680 g/mol. The van der Waals surface area contributed by atoms with Crippen LogP contribution in [0.1, 0.15) is 14.9 Å². The van der Waals surface area contributed by atoms with E-state index in [4.69, 9.17) is 8.83 Å². The fraction of sp³-hybridized carbons (Fsp3) is 0.0182. The number of hydrogen-bond donors (Lipinski definition) is 2. The second-order valence-electron chi connectivity index (χ2n) is 31.0. The van der Waals surface area contributed by atoms with E-state index in [0.29, 0.717) is 5.46 Å². The summed E-state index contributed by atoms with van der Waals surface area (Å²) in [7, 11) is -1.59. The van der Waals surface area contributed by atoms with Crippen LogP contribution in [0.25, 0.3) is 220 Å². The van der Waals surface area contributed by atoms with E-state index in [9.17, 15) is 10.0 Å². The topological polar surface area (TPSA) is 96.3 Å². The van der Waals surface area contributed by atoms with Crippen LogP contribution in [0.15, 0.2) is 409 Å². The minimum Gasteiger partial charge on any atom is -0.456 e. The first-order chi connectivity index (χ1) is 59.3. The molecule has 0 radical (unpaired) electrons. The van der Waals surface area contributed by atoms with Crippen molar-refractivity contribution in [2.45, 2.75) is 14.9 Å². The first kappa shape index (κ1) is 73.4. The first-order valence-corrected chi connectivity index (χ1v) is 41.5. The average molecular weight is 1680 g/mol. The van der Waals surface area contributed by atoms with Crippen molar-refractivity contribution in [3.63, 3.8) is 0 Å². The maximum absolute atomic E-state index is 10.3. The van der Waals surface area contributed by atoms with Gasteiger partial charge in [-0.3, -0.25) is 0 Å². The maximum atomic E-state index is 10.3. The third-order valence-electron chi connectivity index (χ3n) is 24.4. The van der Waals surface area contributed by atoms with Gasteiger partial charge in [-0.1, -0.05) is 251 Å². The van der Waals surface area contributed by atoms with Crippen molar-refractivity contribution in [1.82, 2.24) is 27.4 Å². The third kappa shape index (κ3) is 11.5. The highest BCUT2D eigenvalue weighted by molar-refractivity contribution is 14.1.